The van der Waals surface area contributed by atoms with Gasteiger partial charge in [-0.2, -0.15) is 5.26 Å². The molecule has 4 heteroatoms. The third-order valence-corrected chi connectivity index (χ3v) is 4.73. The minimum Gasteiger partial charge on any atom is -0.387 e. The maximum Gasteiger partial charge on any atom is 0.101 e. The average Bonchev–Trinajstić information content (AvgIpc) is 3.00. The predicted molar refractivity (Wildman–Crippen MR) is 86.5 cm³/mol. The molecule has 0 saturated carbocycles. The molecular weight excluding hydrogens is 282 g/mol. The Balaban J connectivity index is 1.96. The summed E-state index contributed by atoms with van der Waals surface area (Å²) in [6.45, 7) is 3.92. The fourth-order valence-electron chi connectivity index (χ4n) is 3.17. The van der Waals surface area contributed by atoms with Crippen molar-refractivity contribution in [3.63, 3.8) is 0 Å². The van der Waals surface area contributed by atoms with Gasteiger partial charge in [0.15, 0.2) is 0 Å². The fourth-order valence-corrected chi connectivity index (χ4v) is 3.37. The van der Waals surface area contributed by atoms with Gasteiger partial charge in [0.1, 0.15) is 6.07 Å². The maximum absolute atomic E-state index is 9.08. The molecular formula is C17H18ClN3. The van der Waals surface area contributed by atoms with Crippen LogP contribution in [0.2, 0.25) is 5.02 Å². The highest BCUT2D eigenvalue weighted by Crippen LogP contribution is 2.36. The molecule has 3 rings (SSSR count). The van der Waals surface area contributed by atoms with Crippen LogP contribution in [0.1, 0.15) is 24.0 Å². The smallest absolute Gasteiger partial charge is 0.101 e. The molecule has 0 radical (unpaired) electrons. The van der Waals surface area contributed by atoms with E-state index in [4.69, 9.17) is 16.9 Å². The molecule has 1 saturated heterocycles. The lowest BCUT2D eigenvalue weighted by atomic mass is 10.0. The largest absolute Gasteiger partial charge is 0.387 e. The Morgan fingerprint density at radius 1 is 1.43 bits per heavy atom. The van der Waals surface area contributed by atoms with E-state index in [0.717, 1.165) is 30.8 Å². The minimum atomic E-state index is 0.386. The van der Waals surface area contributed by atoms with Crippen LogP contribution in [0.4, 0.5) is 5.69 Å². The van der Waals surface area contributed by atoms with Crippen LogP contribution in [0.5, 0.6) is 0 Å². The van der Waals surface area contributed by atoms with E-state index in [1.54, 1.807) is 0 Å². The molecule has 0 aliphatic carbocycles. The highest BCUT2D eigenvalue weighted by atomic mass is 35.5. The summed E-state index contributed by atoms with van der Waals surface area (Å²) in [5, 5.41) is 12.9. The predicted octanol–water partition coefficient (Wildman–Crippen LogP) is 3.53. The van der Waals surface area contributed by atoms with Crippen LogP contribution in [-0.4, -0.2) is 19.1 Å². The van der Waals surface area contributed by atoms with Crippen LogP contribution in [-0.2, 0) is 0 Å². The lowest BCUT2D eigenvalue weighted by Crippen LogP contribution is -2.32. The van der Waals surface area contributed by atoms with Crippen LogP contribution >= 0.6 is 11.6 Å². The molecule has 1 N–H and O–H groups in total. The summed E-state index contributed by atoms with van der Waals surface area (Å²) in [5.41, 5.74) is 4.00. The van der Waals surface area contributed by atoms with Gasteiger partial charge < -0.3 is 10.2 Å². The maximum atomic E-state index is 9.08. The molecule has 0 amide bonds. The Hall–Kier alpha value is -1.92. The molecule has 0 bridgehead atoms. The first-order chi connectivity index (χ1) is 10.2. The third-order valence-electron chi connectivity index (χ3n) is 4.24. The Morgan fingerprint density at radius 2 is 2.29 bits per heavy atom. The van der Waals surface area contributed by atoms with E-state index in [1.165, 1.54) is 12.0 Å². The lowest BCUT2D eigenvalue weighted by molar-refractivity contribution is 0.756. The molecule has 3 nitrogen and oxygen atoms in total. The average molecular weight is 300 g/mol. The lowest BCUT2D eigenvalue weighted by Gasteiger charge is -2.30. The van der Waals surface area contributed by atoms with Crippen LogP contribution in [0.25, 0.3) is 0 Å². The van der Waals surface area contributed by atoms with Gasteiger partial charge in [-0.25, -0.2) is 0 Å². The van der Waals surface area contributed by atoms with Crippen molar-refractivity contribution in [2.75, 3.05) is 18.0 Å². The van der Waals surface area contributed by atoms with Gasteiger partial charge in [-0.1, -0.05) is 23.8 Å². The number of hydrogen-bond acceptors (Lipinski definition) is 3. The normalized spacial score (nSPS) is 20.9. The third kappa shape index (κ3) is 2.52. The number of dihydropyridines is 1. The molecule has 1 aromatic carbocycles. The molecule has 108 valence electrons. The van der Waals surface area contributed by atoms with E-state index in [0.29, 0.717) is 16.6 Å². The summed E-state index contributed by atoms with van der Waals surface area (Å²) in [5.74, 6) is 0. The van der Waals surface area contributed by atoms with Crippen LogP contribution < -0.4 is 10.2 Å². The number of nitrogens with zero attached hydrogens (tertiary/aromatic N) is 2. The number of rotatable bonds is 2. The SMILES string of the molecule is Cc1c(N2CCCC2C2=CNCC=C2)ccc(C#N)c1Cl. The van der Waals surface area contributed by atoms with Crippen LogP contribution in [0.15, 0.2) is 36.1 Å². The molecule has 1 aromatic rings. The molecule has 1 fully saturated rings. The molecule has 0 aromatic heterocycles. The van der Waals surface area contributed by atoms with Crippen molar-refractivity contribution >= 4 is 17.3 Å². The van der Waals surface area contributed by atoms with Gasteiger partial charge in [0, 0.05) is 25.0 Å². The zero-order chi connectivity index (χ0) is 14.8. The quantitative estimate of drug-likeness (QED) is 0.908. The minimum absolute atomic E-state index is 0.386. The van der Waals surface area contributed by atoms with Crippen molar-refractivity contribution < 1.29 is 0 Å². The number of benzene rings is 1. The number of anilines is 1. The topological polar surface area (TPSA) is 39.1 Å². The van der Waals surface area contributed by atoms with E-state index in [9.17, 15) is 0 Å². The van der Waals surface area contributed by atoms with E-state index in [2.05, 4.69) is 34.6 Å². The van der Waals surface area contributed by atoms with E-state index in [-0.39, 0.29) is 0 Å². The standard InChI is InChI=1S/C17H18ClN3/c1-12-15(7-6-13(10-19)17(12)18)21-9-3-5-16(21)14-4-2-8-20-11-14/h2,4,6-7,11,16,20H,3,5,8-9H2,1H3. The van der Waals surface area contributed by atoms with Gasteiger partial charge in [-0.15, -0.1) is 0 Å². The summed E-state index contributed by atoms with van der Waals surface area (Å²) < 4.78 is 0. The van der Waals surface area contributed by atoms with Crippen LogP contribution in [0, 0.1) is 18.3 Å². The van der Waals surface area contributed by atoms with E-state index >= 15 is 0 Å². The highest BCUT2D eigenvalue weighted by Gasteiger charge is 2.29. The van der Waals surface area contributed by atoms with Gasteiger partial charge >= 0.3 is 0 Å². The summed E-state index contributed by atoms with van der Waals surface area (Å²) in [6, 6.07) is 6.38. The summed E-state index contributed by atoms with van der Waals surface area (Å²) >= 11 is 6.32. The van der Waals surface area contributed by atoms with Crippen molar-refractivity contribution in [3.8, 4) is 6.07 Å². The monoisotopic (exact) mass is 299 g/mol. The van der Waals surface area contributed by atoms with E-state index in [1.807, 2.05) is 19.1 Å². The highest BCUT2D eigenvalue weighted by molar-refractivity contribution is 6.32. The van der Waals surface area contributed by atoms with Gasteiger partial charge in [0.05, 0.1) is 16.6 Å². The Labute approximate surface area is 130 Å². The molecule has 21 heavy (non-hydrogen) atoms. The van der Waals surface area contributed by atoms with Crippen molar-refractivity contribution in [2.45, 2.75) is 25.8 Å². The first kappa shape index (κ1) is 14.0. The van der Waals surface area contributed by atoms with Gasteiger partial charge in [0.2, 0.25) is 0 Å². The van der Waals surface area contributed by atoms with E-state index < -0.39 is 0 Å². The van der Waals surface area contributed by atoms with Crippen LogP contribution in [0.3, 0.4) is 0 Å². The number of halogens is 1. The van der Waals surface area contributed by atoms with Gasteiger partial charge in [-0.3, -0.25) is 0 Å². The second-order valence-electron chi connectivity index (χ2n) is 5.49. The summed E-state index contributed by atoms with van der Waals surface area (Å²) in [7, 11) is 0. The number of nitriles is 1. The van der Waals surface area contributed by atoms with Crippen molar-refractivity contribution in [3.05, 3.63) is 52.2 Å². The Kier molecular flexibility index (Phi) is 3.90. The molecule has 1 unspecified atom stereocenters. The Morgan fingerprint density at radius 3 is 3.00 bits per heavy atom. The molecule has 0 spiro atoms. The van der Waals surface area contributed by atoms with Crippen molar-refractivity contribution in [1.29, 1.82) is 5.26 Å². The second-order valence-corrected chi connectivity index (χ2v) is 5.87. The summed E-state index contributed by atoms with van der Waals surface area (Å²) in [4.78, 5) is 2.41. The Bertz CT molecular complexity index is 655. The van der Waals surface area contributed by atoms with Gasteiger partial charge in [0.25, 0.3) is 0 Å². The molecule has 2 aliphatic rings. The summed E-state index contributed by atoms with van der Waals surface area (Å²) in [6.07, 6.45) is 8.80. The zero-order valence-electron chi connectivity index (χ0n) is 12.1. The first-order valence-electron chi connectivity index (χ1n) is 7.28. The number of nitrogens with one attached hydrogen (secondary N) is 1. The molecule has 2 heterocycles. The van der Waals surface area contributed by atoms with Crippen molar-refractivity contribution in [1.82, 2.24) is 5.32 Å². The zero-order valence-corrected chi connectivity index (χ0v) is 12.8. The second kappa shape index (κ2) is 5.83. The van der Waals surface area contributed by atoms with Crippen molar-refractivity contribution in [2.24, 2.45) is 0 Å². The fraction of sp³-hybridized carbons (Fsp3) is 0.353. The molecule has 2 aliphatic heterocycles. The molecule has 1 atom stereocenters. The first-order valence-corrected chi connectivity index (χ1v) is 7.66. The van der Waals surface area contributed by atoms with Gasteiger partial charge in [-0.05, 0) is 43.0 Å². The number of hydrogen-bond donors (Lipinski definition) is 1.